The maximum Gasteiger partial charge on any atom is 0.260 e. The second-order valence-electron chi connectivity index (χ2n) is 7.38. The molecule has 0 radical (unpaired) electrons. The predicted molar refractivity (Wildman–Crippen MR) is 105 cm³/mol. The van der Waals surface area contributed by atoms with Crippen molar-refractivity contribution in [3.63, 3.8) is 0 Å². The van der Waals surface area contributed by atoms with Crippen molar-refractivity contribution in [2.45, 2.75) is 38.8 Å². The topological polar surface area (TPSA) is 71.9 Å². The van der Waals surface area contributed by atoms with Crippen molar-refractivity contribution >= 4 is 17.5 Å². The fourth-order valence-electron chi connectivity index (χ4n) is 3.69. The highest BCUT2D eigenvalue weighted by Gasteiger charge is 2.38. The van der Waals surface area contributed by atoms with Crippen LogP contribution in [0.5, 0.6) is 5.75 Å². The number of pyridine rings is 1. The normalized spacial score (nSPS) is 22.0. The average molecular weight is 403 g/mol. The summed E-state index contributed by atoms with van der Waals surface area (Å²) in [6, 6.07) is 5.42. The minimum absolute atomic E-state index is 0.0529. The van der Waals surface area contributed by atoms with E-state index in [0.717, 1.165) is 22.4 Å². The van der Waals surface area contributed by atoms with Crippen molar-refractivity contribution in [1.82, 2.24) is 9.88 Å². The lowest BCUT2D eigenvalue weighted by Crippen LogP contribution is -2.54. The van der Waals surface area contributed by atoms with Crippen LogP contribution in [0.15, 0.2) is 24.4 Å². The third kappa shape index (κ3) is 3.48. The van der Waals surface area contributed by atoms with Crippen LogP contribution in [-0.4, -0.2) is 53.0 Å². The number of aromatic nitrogens is 1. The van der Waals surface area contributed by atoms with Crippen molar-refractivity contribution in [3.05, 3.63) is 57.4 Å². The first-order chi connectivity index (χ1) is 13.5. The Bertz CT molecular complexity index is 900. The number of carbonyl (C=O) groups is 1. The number of hydrogen-bond donors (Lipinski definition) is 1. The molecule has 1 fully saturated rings. The Morgan fingerprint density at radius 1 is 1.36 bits per heavy atom. The van der Waals surface area contributed by atoms with E-state index in [0.29, 0.717) is 42.4 Å². The molecule has 1 aromatic heterocycles. The van der Waals surface area contributed by atoms with E-state index in [-0.39, 0.29) is 12.6 Å². The molecule has 2 aliphatic heterocycles. The van der Waals surface area contributed by atoms with Crippen LogP contribution in [0.3, 0.4) is 0 Å². The Kier molecular flexibility index (Phi) is 5.27. The molecular formula is C21H23ClN2O4. The number of rotatable bonds is 3. The second-order valence-corrected chi connectivity index (χ2v) is 7.76. The minimum Gasteiger partial charge on any atom is -0.471 e. The first-order valence-corrected chi connectivity index (χ1v) is 9.76. The molecule has 148 valence electrons. The van der Waals surface area contributed by atoms with Crippen molar-refractivity contribution in [1.29, 1.82) is 0 Å². The first kappa shape index (κ1) is 19.2. The highest BCUT2D eigenvalue weighted by Crippen LogP contribution is 2.38. The van der Waals surface area contributed by atoms with Gasteiger partial charge < -0.3 is 14.6 Å². The molecule has 1 N–H and O–H groups in total. The van der Waals surface area contributed by atoms with Crippen LogP contribution >= 0.6 is 11.6 Å². The minimum atomic E-state index is -0.623. The quantitative estimate of drug-likeness (QED) is 0.854. The first-order valence-electron chi connectivity index (χ1n) is 9.38. The molecular weight excluding hydrogens is 380 g/mol. The van der Waals surface area contributed by atoms with E-state index < -0.39 is 12.1 Å². The summed E-state index contributed by atoms with van der Waals surface area (Å²) in [6.07, 6.45) is 2.33. The molecule has 4 rings (SSSR count). The number of aliphatic hydroxyl groups is 1. The van der Waals surface area contributed by atoms with E-state index in [1.165, 1.54) is 4.90 Å². The van der Waals surface area contributed by atoms with Gasteiger partial charge in [-0.05, 0) is 55.5 Å². The van der Waals surface area contributed by atoms with E-state index in [1.54, 1.807) is 0 Å². The Morgan fingerprint density at radius 3 is 2.89 bits per heavy atom. The number of aryl methyl sites for hydroxylation is 1. The molecule has 1 unspecified atom stereocenters. The number of hydrogen-bond acceptors (Lipinski definition) is 5. The number of ether oxygens (including phenoxy) is 2. The monoisotopic (exact) mass is 402 g/mol. The maximum absolute atomic E-state index is 13.2. The lowest BCUT2D eigenvalue weighted by molar-refractivity contribution is -0.0696. The molecule has 0 saturated carbocycles. The van der Waals surface area contributed by atoms with Gasteiger partial charge in [0, 0.05) is 18.5 Å². The SMILES string of the molecule is Cc1ccc(Cc2cc3c(c(Cl)c2C)OCN(C2COCC[C@@H]2O)C3=O)cn1. The maximum atomic E-state index is 13.2. The number of fused-ring (bicyclic) bond motifs is 1. The molecule has 0 bridgehead atoms. The van der Waals surface area contributed by atoms with Gasteiger partial charge in [-0.15, -0.1) is 0 Å². The summed E-state index contributed by atoms with van der Waals surface area (Å²) >= 11 is 6.55. The van der Waals surface area contributed by atoms with Crippen LogP contribution in [0.1, 0.15) is 39.2 Å². The number of benzene rings is 1. The molecule has 6 nitrogen and oxygen atoms in total. The van der Waals surface area contributed by atoms with Gasteiger partial charge >= 0.3 is 0 Å². The number of amides is 1. The van der Waals surface area contributed by atoms with Crippen LogP contribution in [-0.2, 0) is 11.2 Å². The molecule has 2 aliphatic rings. The number of carbonyl (C=O) groups excluding carboxylic acids is 1. The summed E-state index contributed by atoms with van der Waals surface area (Å²) in [7, 11) is 0. The van der Waals surface area contributed by atoms with Crippen molar-refractivity contribution in [3.8, 4) is 5.75 Å². The lowest BCUT2D eigenvalue weighted by atomic mass is 9.96. The molecule has 1 amide bonds. The van der Waals surface area contributed by atoms with Gasteiger partial charge in [0.15, 0.2) is 12.5 Å². The van der Waals surface area contributed by atoms with Gasteiger partial charge in [-0.1, -0.05) is 17.7 Å². The zero-order valence-electron chi connectivity index (χ0n) is 15.9. The van der Waals surface area contributed by atoms with Gasteiger partial charge in [0.2, 0.25) is 0 Å². The summed E-state index contributed by atoms with van der Waals surface area (Å²) < 4.78 is 11.3. The van der Waals surface area contributed by atoms with E-state index in [2.05, 4.69) is 4.98 Å². The molecule has 3 heterocycles. The van der Waals surface area contributed by atoms with Gasteiger partial charge in [0.25, 0.3) is 5.91 Å². The third-order valence-electron chi connectivity index (χ3n) is 5.47. The lowest BCUT2D eigenvalue weighted by Gasteiger charge is -2.39. The standard InChI is InChI=1S/C21H23ClN2O4/c1-12-3-4-14(9-23-12)7-15-8-16-20(19(22)13(15)2)28-11-24(21(16)26)17-10-27-6-5-18(17)25/h3-4,8-9,17-18,25H,5-7,10-11H2,1-2H3/t17?,18-/m0/s1. The Morgan fingerprint density at radius 2 is 2.18 bits per heavy atom. The zero-order valence-corrected chi connectivity index (χ0v) is 16.7. The van der Waals surface area contributed by atoms with Crippen LogP contribution < -0.4 is 4.74 Å². The number of halogens is 1. The summed E-state index contributed by atoms with van der Waals surface area (Å²) in [5.41, 5.74) is 4.27. The average Bonchev–Trinajstić information content (AvgIpc) is 2.69. The predicted octanol–water partition coefficient (Wildman–Crippen LogP) is 2.88. The van der Waals surface area contributed by atoms with Crippen LogP contribution in [0.4, 0.5) is 0 Å². The number of aliphatic hydroxyl groups excluding tert-OH is 1. The molecule has 1 aromatic carbocycles. The van der Waals surface area contributed by atoms with E-state index in [9.17, 15) is 9.90 Å². The molecule has 2 aromatic rings. The summed E-state index contributed by atoms with van der Waals surface area (Å²) in [5, 5.41) is 10.8. The fraction of sp³-hybridized carbons (Fsp3) is 0.429. The van der Waals surface area contributed by atoms with Gasteiger partial charge in [-0.25, -0.2) is 0 Å². The zero-order chi connectivity index (χ0) is 19.8. The van der Waals surface area contributed by atoms with E-state index in [4.69, 9.17) is 21.1 Å². The summed E-state index contributed by atoms with van der Waals surface area (Å²) in [5.74, 6) is 0.221. The highest BCUT2D eigenvalue weighted by molar-refractivity contribution is 6.33. The molecule has 2 atom stereocenters. The highest BCUT2D eigenvalue weighted by atomic mass is 35.5. The number of nitrogens with zero attached hydrogens (tertiary/aromatic N) is 2. The molecule has 28 heavy (non-hydrogen) atoms. The molecule has 0 spiro atoms. The smallest absolute Gasteiger partial charge is 0.260 e. The van der Waals surface area contributed by atoms with Gasteiger partial charge in [-0.3, -0.25) is 14.7 Å². The molecule has 7 heteroatoms. The third-order valence-corrected chi connectivity index (χ3v) is 5.93. The van der Waals surface area contributed by atoms with Gasteiger partial charge in [-0.2, -0.15) is 0 Å². The van der Waals surface area contributed by atoms with Crippen LogP contribution in [0.2, 0.25) is 5.02 Å². The van der Waals surface area contributed by atoms with Gasteiger partial charge in [0.05, 0.1) is 29.3 Å². The molecule has 0 aliphatic carbocycles. The van der Waals surface area contributed by atoms with E-state index in [1.807, 2.05) is 38.2 Å². The summed E-state index contributed by atoms with van der Waals surface area (Å²) in [4.78, 5) is 19.1. The van der Waals surface area contributed by atoms with E-state index >= 15 is 0 Å². The van der Waals surface area contributed by atoms with Crippen molar-refractivity contribution < 1.29 is 19.4 Å². The van der Waals surface area contributed by atoms with Crippen molar-refractivity contribution in [2.24, 2.45) is 0 Å². The summed E-state index contributed by atoms with van der Waals surface area (Å²) in [6.45, 7) is 4.72. The molecule has 1 saturated heterocycles. The Labute approximate surface area is 169 Å². The largest absolute Gasteiger partial charge is 0.471 e. The van der Waals surface area contributed by atoms with Crippen LogP contribution in [0.25, 0.3) is 0 Å². The Hall–Kier alpha value is -2.15. The van der Waals surface area contributed by atoms with Crippen molar-refractivity contribution in [2.75, 3.05) is 19.9 Å². The van der Waals surface area contributed by atoms with Crippen LogP contribution in [0, 0.1) is 13.8 Å². The van der Waals surface area contributed by atoms with Gasteiger partial charge in [0.1, 0.15) is 0 Å². The fourth-order valence-corrected chi connectivity index (χ4v) is 3.96. The Balaban J connectivity index is 1.67. The second kappa shape index (κ2) is 7.70.